The molecule has 0 bridgehead atoms. The van der Waals surface area contributed by atoms with Crippen molar-refractivity contribution in [3.05, 3.63) is 48.5 Å². The van der Waals surface area contributed by atoms with Gasteiger partial charge in [-0.25, -0.2) is 9.18 Å². The van der Waals surface area contributed by atoms with Crippen LogP contribution in [0.4, 0.5) is 4.39 Å². The summed E-state index contributed by atoms with van der Waals surface area (Å²) in [4.78, 5) is 11.9. The zero-order chi connectivity index (χ0) is 25.6. The first kappa shape index (κ1) is 28.0. The Morgan fingerprint density at radius 1 is 0.806 bits per heavy atom. The standard InChI is InChI=1S/C31H43FO4/c1-3-5-7-8-22-34-27-18-12-25(13-19-27)26-14-20-28(21-15-26)35-23-24-10-16-29(17-11-24)36-31(33)30(32)9-6-4-2/h12-15,18-21,24,29-30H,3-11,16-17,22-23H2,1-2H3/t24-,29-,30-/m0/s1. The Balaban J connectivity index is 1.36. The second-order valence-corrected chi connectivity index (χ2v) is 9.96. The minimum Gasteiger partial charge on any atom is -0.494 e. The summed E-state index contributed by atoms with van der Waals surface area (Å²) in [6.07, 6.45) is 8.43. The van der Waals surface area contributed by atoms with Gasteiger partial charge >= 0.3 is 5.97 Å². The number of carbonyl (C=O) groups is 1. The lowest BCUT2D eigenvalue weighted by Gasteiger charge is -2.28. The molecule has 0 heterocycles. The Hall–Kier alpha value is -2.56. The van der Waals surface area contributed by atoms with Gasteiger partial charge in [-0.2, -0.15) is 0 Å². The predicted molar refractivity (Wildman–Crippen MR) is 143 cm³/mol. The molecule has 1 aliphatic carbocycles. The van der Waals surface area contributed by atoms with Crippen LogP contribution < -0.4 is 9.47 Å². The van der Waals surface area contributed by atoms with Crippen molar-refractivity contribution >= 4 is 5.97 Å². The Labute approximate surface area is 216 Å². The number of rotatable bonds is 15. The third-order valence-electron chi connectivity index (χ3n) is 6.94. The highest BCUT2D eigenvalue weighted by molar-refractivity contribution is 5.74. The maximum atomic E-state index is 13.9. The van der Waals surface area contributed by atoms with Crippen molar-refractivity contribution < 1.29 is 23.4 Å². The van der Waals surface area contributed by atoms with E-state index in [1.807, 2.05) is 31.2 Å². The van der Waals surface area contributed by atoms with Gasteiger partial charge in [-0.1, -0.05) is 70.2 Å². The fourth-order valence-electron chi connectivity index (χ4n) is 4.58. The third-order valence-corrected chi connectivity index (χ3v) is 6.94. The summed E-state index contributed by atoms with van der Waals surface area (Å²) in [6.45, 7) is 5.62. The van der Waals surface area contributed by atoms with E-state index in [9.17, 15) is 9.18 Å². The SMILES string of the molecule is CCCCCCOc1ccc(-c2ccc(OC[C@H]3CC[C@H](OC(=O)[C@@H](F)CCCC)CC3)cc2)cc1. The first-order valence-electron chi connectivity index (χ1n) is 13.9. The van der Waals surface area contributed by atoms with Crippen LogP contribution in [0.5, 0.6) is 11.5 Å². The first-order chi connectivity index (χ1) is 17.6. The van der Waals surface area contributed by atoms with Gasteiger partial charge in [0.1, 0.15) is 17.6 Å². The highest BCUT2D eigenvalue weighted by atomic mass is 19.1. The molecule has 0 spiro atoms. The van der Waals surface area contributed by atoms with E-state index in [4.69, 9.17) is 14.2 Å². The van der Waals surface area contributed by atoms with Crippen LogP contribution in [0, 0.1) is 5.92 Å². The molecule has 2 aromatic rings. The second-order valence-electron chi connectivity index (χ2n) is 9.96. The molecule has 1 fully saturated rings. The molecular weight excluding hydrogens is 455 g/mol. The van der Waals surface area contributed by atoms with Crippen molar-refractivity contribution in [3.63, 3.8) is 0 Å². The van der Waals surface area contributed by atoms with E-state index in [0.29, 0.717) is 18.9 Å². The lowest BCUT2D eigenvalue weighted by Crippen LogP contribution is -2.30. The van der Waals surface area contributed by atoms with Gasteiger partial charge in [-0.05, 0) is 79.8 Å². The predicted octanol–water partition coefficient (Wildman–Crippen LogP) is 8.32. The van der Waals surface area contributed by atoms with Crippen molar-refractivity contribution in [3.8, 4) is 22.6 Å². The molecule has 0 radical (unpaired) electrons. The zero-order valence-electron chi connectivity index (χ0n) is 22.1. The highest BCUT2D eigenvalue weighted by Crippen LogP contribution is 2.29. The number of carbonyl (C=O) groups excluding carboxylic acids is 1. The second kappa shape index (κ2) is 15.5. The van der Waals surface area contributed by atoms with Gasteiger partial charge in [-0.15, -0.1) is 0 Å². The highest BCUT2D eigenvalue weighted by Gasteiger charge is 2.27. The molecule has 0 aromatic heterocycles. The largest absolute Gasteiger partial charge is 0.494 e. The molecule has 0 unspecified atom stereocenters. The van der Waals surface area contributed by atoms with Gasteiger partial charge in [0.2, 0.25) is 0 Å². The van der Waals surface area contributed by atoms with Gasteiger partial charge < -0.3 is 14.2 Å². The van der Waals surface area contributed by atoms with Crippen LogP contribution >= 0.6 is 0 Å². The molecule has 5 heteroatoms. The molecule has 198 valence electrons. The van der Waals surface area contributed by atoms with Crippen LogP contribution in [-0.2, 0) is 9.53 Å². The summed E-state index contributed by atoms with van der Waals surface area (Å²) < 4.78 is 31.1. The van der Waals surface area contributed by atoms with Gasteiger partial charge in [0.15, 0.2) is 6.17 Å². The monoisotopic (exact) mass is 498 g/mol. The molecule has 1 aliphatic rings. The number of esters is 1. The molecule has 4 nitrogen and oxygen atoms in total. The molecule has 1 saturated carbocycles. The Bertz CT molecular complexity index is 872. The van der Waals surface area contributed by atoms with Gasteiger partial charge in [-0.3, -0.25) is 0 Å². The number of benzene rings is 2. The summed E-state index contributed by atoms with van der Waals surface area (Å²) in [5, 5.41) is 0. The number of hydrogen-bond acceptors (Lipinski definition) is 4. The Kier molecular flexibility index (Phi) is 12.1. The average Bonchev–Trinajstić information content (AvgIpc) is 2.92. The van der Waals surface area contributed by atoms with Crippen LogP contribution in [0.25, 0.3) is 11.1 Å². The zero-order valence-corrected chi connectivity index (χ0v) is 22.1. The quantitative estimate of drug-likeness (QED) is 0.183. The number of hydrogen-bond donors (Lipinski definition) is 0. The molecule has 0 N–H and O–H groups in total. The lowest BCUT2D eigenvalue weighted by atomic mass is 9.88. The van der Waals surface area contributed by atoms with E-state index in [0.717, 1.165) is 67.8 Å². The maximum absolute atomic E-state index is 13.9. The Morgan fingerprint density at radius 3 is 1.97 bits per heavy atom. The van der Waals surface area contributed by atoms with Crippen LogP contribution in [0.3, 0.4) is 0 Å². The summed E-state index contributed by atoms with van der Waals surface area (Å²) in [7, 11) is 0. The van der Waals surface area contributed by atoms with Gasteiger partial charge in [0.25, 0.3) is 0 Å². The minimum atomic E-state index is -1.49. The molecule has 0 aliphatic heterocycles. The van der Waals surface area contributed by atoms with E-state index >= 15 is 0 Å². The number of halogens is 1. The Morgan fingerprint density at radius 2 is 1.39 bits per heavy atom. The molecule has 36 heavy (non-hydrogen) atoms. The minimum absolute atomic E-state index is 0.161. The van der Waals surface area contributed by atoms with Gasteiger partial charge in [0, 0.05) is 0 Å². The summed E-state index contributed by atoms with van der Waals surface area (Å²) >= 11 is 0. The van der Waals surface area contributed by atoms with Crippen LogP contribution in [0.1, 0.15) is 84.5 Å². The molecule has 3 rings (SSSR count). The third kappa shape index (κ3) is 9.48. The fourth-order valence-corrected chi connectivity index (χ4v) is 4.58. The average molecular weight is 499 g/mol. The number of ether oxygens (including phenoxy) is 3. The summed E-state index contributed by atoms with van der Waals surface area (Å²) in [5.41, 5.74) is 2.29. The van der Waals surface area contributed by atoms with E-state index < -0.39 is 12.1 Å². The van der Waals surface area contributed by atoms with E-state index in [1.54, 1.807) is 0 Å². The van der Waals surface area contributed by atoms with Crippen LogP contribution in [0.2, 0.25) is 0 Å². The van der Waals surface area contributed by atoms with E-state index in [1.165, 1.54) is 19.3 Å². The van der Waals surface area contributed by atoms with Crippen molar-refractivity contribution in [1.29, 1.82) is 0 Å². The van der Waals surface area contributed by atoms with Crippen molar-refractivity contribution in [2.24, 2.45) is 5.92 Å². The molecule has 1 atom stereocenters. The fraction of sp³-hybridized carbons (Fsp3) is 0.581. The van der Waals surface area contributed by atoms with Crippen molar-refractivity contribution in [1.82, 2.24) is 0 Å². The first-order valence-corrected chi connectivity index (χ1v) is 13.9. The van der Waals surface area contributed by atoms with Gasteiger partial charge in [0.05, 0.1) is 13.2 Å². The maximum Gasteiger partial charge on any atom is 0.340 e. The molecule has 2 aromatic carbocycles. The molecule has 0 saturated heterocycles. The van der Waals surface area contributed by atoms with Crippen molar-refractivity contribution in [2.75, 3.05) is 13.2 Å². The van der Waals surface area contributed by atoms with Crippen molar-refractivity contribution in [2.45, 2.75) is 96.8 Å². The van der Waals surface area contributed by atoms with E-state index in [-0.39, 0.29) is 12.5 Å². The summed E-state index contributed by atoms with van der Waals surface area (Å²) in [5.74, 6) is 1.51. The summed E-state index contributed by atoms with van der Waals surface area (Å²) in [6, 6.07) is 16.4. The number of alkyl halides is 1. The number of unbranched alkanes of at least 4 members (excludes halogenated alkanes) is 4. The smallest absolute Gasteiger partial charge is 0.340 e. The topological polar surface area (TPSA) is 44.8 Å². The van der Waals surface area contributed by atoms with Crippen LogP contribution in [0.15, 0.2) is 48.5 Å². The normalized spacial score (nSPS) is 18.4. The molecular formula is C31H43FO4. The van der Waals surface area contributed by atoms with E-state index in [2.05, 4.69) is 31.2 Å². The lowest BCUT2D eigenvalue weighted by molar-refractivity contribution is -0.157. The molecule has 0 amide bonds. The van der Waals surface area contributed by atoms with Crippen LogP contribution in [-0.4, -0.2) is 31.5 Å².